The van der Waals surface area contributed by atoms with Crippen LogP contribution >= 0.6 is 0 Å². The van der Waals surface area contributed by atoms with Crippen LogP contribution < -0.4 is 5.14 Å². The summed E-state index contributed by atoms with van der Waals surface area (Å²) in [5, 5.41) is 4.56. The molecule has 0 bridgehead atoms. The number of sulfonamides is 1. The van der Waals surface area contributed by atoms with Crippen molar-refractivity contribution >= 4 is 10.0 Å². The van der Waals surface area contributed by atoms with Gasteiger partial charge in [-0.15, -0.1) is 0 Å². The van der Waals surface area contributed by atoms with E-state index >= 15 is 0 Å². The summed E-state index contributed by atoms with van der Waals surface area (Å²) < 4.78 is 27.2. The summed E-state index contributed by atoms with van der Waals surface area (Å²) in [7, 11) is -3.42. The number of primary sulfonamides is 1. The lowest BCUT2D eigenvalue weighted by Gasteiger charge is -2.18. The van der Waals surface area contributed by atoms with Crippen molar-refractivity contribution in [3.63, 3.8) is 0 Å². The monoisotopic (exact) mass is 193 g/mol. The van der Waals surface area contributed by atoms with Crippen LogP contribution in [0.3, 0.4) is 0 Å². The van der Waals surface area contributed by atoms with Gasteiger partial charge in [0.05, 0.1) is 13.2 Å². The van der Waals surface area contributed by atoms with Gasteiger partial charge in [-0.05, 0) is 5.92 Å². The van der Waals surface area contributed by atoms with Gasteiger partial charge in [-0.2, -0.15) is 0 Å². The SMILES string of the molecule is CC(C)C1COCC1S(N)(=O)=O. The van der Waals surface area contributed by atoms with Gasteiger partial charge in [0.1, 0.15) is 5.25 Å². The number of nitrogens with two attached hydrogens (primary N) is 1. The molecule has 1 aliphatic rings. The van der Waals surface area contributed by atoms with Crippen molar-refractivity contribution in [2.24, 2.45) is 17.0 Å². The first kappa shape index (κ1) is 9.95. The predicted octanol–water partition coefficient (Wildman–Crippen LogP) is -0.0541. The molecule has 0 spiro atoms. The fourth-order valence-corrected chi connectivity index (χ4v) is 2.68. The van der Waals surface area contributed by atoms with E-state index in [1.807, 2.05) is 13.8 Å². The van der Waals surface area contributed by atoms with Crippen molar-refractivity contribution in [1.29, 1.82) is 0 Å². The Morgan fingerprint density at radius 1 is 1.42 bits per heavy atom. The Bertz CT molecular complexity index is 247. The third-order valence-electron chi connectivity index (χ3n) is 2.35. The molecule has 5 heteroatoms. The fourth-order valence-electron chi connectivity index (χ4n) is 1.51. The maximum atomic E-state index is 11.0. The average molecular weight is 193 g/mol. The summed E-state index contributed by atoms with van der Waals surface area (Å²) in [6, 6.07) is 0. The molecule has 12 heavy (non-hydrogen) atoms. The van der Waals surface area contributed by atoms with Gasteiger partial charge in [0.25, 0.3) is 0 Å². The smallest absolute Gasteiger partial charge is 0.214 e. The van der Waals surface area contributed by atoms with Crippen LogP contribution in [0.15, 0.2) is 0 Å². The second-order valence-electron chi connectivity index (χ2n) is 3.57. The first-order chi connectivity index (χ1) is 5.43. The molecule has 2 unspecified atom stereocenters. The number of hydrogen-bond acceptors (Lipinski definition) is 3. The molecular formula is C7H15NO3S. The highest BCUT2D eigenvalue weighted by Gasteiger charge is 2.37. The third-order valence-corrected chi connectivity index (χ3v) is 3.68. The van der Waals surface area contributed by atoms with Gasteiger partial charge in [-0.1, -0.05) is 13.8 Å². The minimum absolute atomic E-state index is 0.0556. The van der Waals surface area contributed by atoms with E-state index in [0.29, 0.717) is 12.5 Å². The van der Waals surface area contributed by atoms with Crippen LogP contribution in [0.5, 0.6) is 0 Å². The Balaban J connectivity index is 2.78. The van der Waals surface area contributed by atoms with Crippen molar-refractivity contribution in [3.05, 3.63) is 0 Å². The molecule has 1 rings (SSSR count). The Morgan fingerprint density at radius 2 is 2.00 bits per heavy atom. The standard InChI is InChI=1S/C7H15NO3S/c1-5(2)6-3-11-4-7(6)12(8,9)10/h5-7H,3-4H2,1-2H3,(H2,8,9,10). The van der Waals surface area contributed by atoms with E-state index in [1.165, 1.54) is 0 Å². The molecule has 2 N–H and O–H groups in total. The summed E-state index contributed by atoms with van der Waals surface area (Å²) in [5.74, 6) is 0.357. The molecule has 4 nitrogen and oxygen atoms in total. The van der Waals surface area contributed by atoms with Gasteiger partial charge in [0.15, 0.2) is 0 Å². The Labute approximate surface area is 73.1 Å². The zero-order valence-corrected chi connectivity index (χ0v) is 8.17. The molecule has 1 saturated heterocycles. The van der Waals surface area contributed by atoms with Gasteiger partial charge >= 0.3 is 0 Å². The fraction of sp³-hybridized carbons (Fsp3) is 1.00. The molecule has 0 radical (unpaired) electrons. The molecule has 1 fully saturated rings. The summed E-state index contributed by atoms with van der Waals surface area (Å²) in [5.41, 5.74) is 0. The molecule has 0 saturated carbocycles. The van der Waals surface area contributed by atoms with Gasteiger partial charge in [0, 0.05) is 5.92 Å². The van der Waals surface area contributed by atoms with Crippen LogP contribution in [0, 0.1) is 11.8 Å². The van der Waals surface area contributed by atoms with E-state index in [2.05, 4.69) is 0 Å². The Kier molecular flexibility index (Phi) is 2.75. The zero-order valence-electron chi connectivity index (χ0n) is 7.36. The van der Waals surface area contributed by atoms with Crippen LogP contribution in [0.2, 0.25) is 0 Å². The minimum atomic E-state index is -3.42. The first-order valence-electron chi connectivity index (χ1n) is 4.02. The molecular weight excluding hydrogens is 178 g/mol. The number of ether oxygens (including phenoxy) is 1. The molecule has 0 aromatic heterocycles. The van der Waals surface area contributed by atoms with Crippen molar-refractivity contribution in [2.45, 2.75) is 19.1 Å². The molecule has 1 heterocycles. The normalized spacial score (nSPS) is 31.3. The lowest BCUT2D eigenvalue weighted by Crippen LogP contribution is -2.36. The van der Waals surface area contributed by atoms with E-state index in [9.17, 15) is 8.42 Å². The van der Waals surface area contributed by atoms with Crippen LogP contribution in [-0.2, 0) is 14.8 Å². The van der Waals surface area contributed by atoms with Crippen molar-refractivity contribution in [1.82, 2.24) is 0 Å². The topological polar surface area (TPSA) is 69.4 Å². The summed E-state index contributed by atoms with van der Waals surface area (Å²) in [6.45, 7) is 4.73. The zero-order chi connectivity index (χ0) is 9.35. The minimum Gasteiger partial charge on any atom is -0.380 e. The molecule has 0 aliphatic carbocycles. The maximum absolute atomic E-state index is 11.0. The van der Waals surface area contributed by atoms with Crippen molar-refractivity contribution in [2.75, 3.05) is 13.2 Å². The maximum Gasteiger partial charge on any atom is 0.214 e. The number of hydrogen-bond donors (Lipinski definition) is 1. The summed E-state index contributed by atoms with van der Waals surface area (Å²) >= 11 is 0. The van der Waals surface area contributed by atoms with Crippen LogP contribution in [-0.4, -0.2) is 26.9 Å². The second kappa shape index (κ2) is 3.32. The molecule has 0 aromatic carbocycles. The summed E-state index contributed by atoms with van der Waals surface area (Å²) in [6.07, 6.45) is 0. The average Bonchev–Trinajstić information content (AvgIpc) is 2.30. The Morgan fingerprint density at radius 3 is 2.33 bits per heavy atom. The predicted molar refractivity (Wildman–Crippen MR) is 46.0 cm³/mol. The molecule has 2 atom stereocenters. The van der Waals surface area contributed by atoms with Crippen molar-refractivity contribution in [3.8, 4) is 0 Å². The largest absolute Gasteiger partial charge is 0.380 e. The number of rotatable bonds is 2. The quantitative estimate of drug-likeness (QED) is 0.668. The van der Waals surface area contributed by atoms with Crippen LogP contribution in [0.1, 0.15) is 13.8 Å². The highest BCUT2D eigenvalue weighted by Crippen LogP contribution is 2.25. The molecule has 72 valence electrons. The van der Waals surface area contributed by atoms with E-state index in [0.717, 1.165) is 0 Å². The van der Waals surface area contributed by atoms with Gasteiger partial charge in [0.2, 0.25) is 10.0 Å². The van der Waals surface area contributed by atoms with E-state index < -0.39 is 15.3 Å². The Hall–Kier alpha value is -0.130. The summed E-state index contributed by atoms with van der Waals surface area (Å²) in [4.78, 5) is 0. The first-order valence-corrected chi connectivity index (χ1v) is 5.63. The van der Waals surface area contributed by atoms with Crippen LogP contribution in [0.4, 0.5) is 0 Å². The highest BCUT2D eigenvalue weighted by atomic mass is 32.2. The molecule has 1 aliphatic heterocycles. The van der Waals surface area contributed by atoms with E-state index in [4.69, 9.17) is 9.88 Å². The van der Waals surface area contributed by atoms with E-state index in [1.54, 1.807) is 0 Å². The second-order valence-corrected chi connectivity index (χ2v) is 5.36. The van der Waals surface area contributed by atoms with Crippen LogP contribution in [0.25, 0.3) is 0 Å². The molecule has 0 amide bonds. The lowest BCUT2D eigenvalue weighted by atomic mass is 9.95. The van der Waals surface area contributed by atoms with Crippen molar-refractivity contribution < 1.29 is 13.2 Å². The van der Waals surface area contributed by atoms with Gasteiger partial charge in [-0.3, -0.25) is 0 Å². The van der Waals surface area contributed by atoms with E-state index in [-0.39, 0.29) is 12.5 Å². The highest BCUT2D eigenvalue weighted by molar-refractivity contribution is 7.89. The third kappa shape index (κ3) is 1.97. The van der Waals surface area contributed by atoms with Gasteiger partial charge in [-0.25, -0.2) is 13.6 Å². The molecule has 0 aromatic rings. The van der Waals surface area contributed by atoms with Gasteiger partial charge < -0.3 is 4.74 Å². The lowest BCUT2D eigenvalue weighted by molar-refractivity contribution is 0.177.